The van der Waals surface area contributed by atoms with Crippen molar-refractivity contribution >= 4 is 0 Å². The normalized spacial score (nSPS) is 15.1. The van der Waals surface area contributed by atoms with E-state index in [9.17, 15) is 13.2 Å². The van der Waals surface area contributed by atoms with Crippen molar-refractivity contribution < 1.29 is 27.2 Å². The van der Waals surface area contributed by atoms with Crippen molar-refractivity contribution in [3.63, 3.8) is 0 Å². The summed E-state index contributed by atoms with van der Waals surface area (Å²) in [5.41, 5.74) is 5.10. The molecule has 0 radical (unpaired) electrons. The third kappa shape index (κ3) is 6.87. The van der Waals surface area contributed by atoms with Crippen LogP contribution in [0.2, 0.25) is 0 Å². The van der Waals surface area contributed by atoms with Crippen LogP contribution in [-0.4, -0.2) is 42.7 Å². The summed E-state index contributed by atoms with van der Waals surface area (Å²) in [6.45, 7) is 3.01. The van der Waals surface area contributed by atoms with Gasteiger partial charge in [-0.05, 0) is 13.3 Å². The van der Waals surface area contributed by atoms with E-state index in [4.69, 9.17) is 15.0 Å². The molecular weight excluding hydrogens is 291 g/mol. The van der Waals surface area contributed by atoms with Gasteiger partial charge in [-0.1, -0.05) is 12.1 Å². The average Bonchev–Trinajstić information content (AvgIpc) is 2.83. The first-order chi connectivity index (χ1) is 9.74. The molecule has 0 aliphatic heterocycles. The number of alkyl halides is 3. The van der Waals surface area contributed by atoms with Gasteiger partial charge in [-0.3, -0.25) is 0 Å². The molecular formula is C12H20F3N3O3. The van der Waals surface area contributed by atoms with Gasteiger partial charge in [0, 0.05) is 6.61 Å². The van der Waals surface area contributed by atoms with Gasteiger partial charge in [-0.25, -0.2) is 0 Å². The van der Waals surface area contributed by atoms with Crippen LogP contribution < -0.4 is 5.73 Å². The summed E-state index contributed by atoms with van der Waals surface area (Å²) in [5, 5.41) is 3.73. The maximum absolute atomic E-state index is 11.9. The Bertz CT molecular complexity index is 421. The van der Waals surface area contributed by atoms with Crippen molar-refractivity contribution in [3.8, 4) is 0 Å². The highest BCUT2D eigenvalue weighted by molar-refractivity contribution is 5.01. The Hall–Kier alpha value is -1.19. The molecule has 1 aromatic rings. The minimum absolute atomic E-state index is 0.0922. The lowest BCUT2D eigenvalue weighted by Gasteiger charge is -2.19. The van der Waals surface area contributed by atoms with Gasteiger partial charge in [0.25, 0.3) is 0 Å². The quantitative estimate of drug-likeness (QED) is 0.700. The molecule has 6 nitrogen and oxygen atoms in total. The molecule has 2 N–H and O–H groups in total. The van der Waals surface area contributed by atoms with Crippen molar-refractivity contribution in [3.05, 3.63) is 11.7 Å². The van der Waals surface area contributed by atoms with Crippen LogP contribution in [0, 0.1) is 0 Å². The van der Waals surface area contributed by atoms with Crippen molar-refractivity contribution in [2.45, 2.75) is 38.4 Å². The van der Waals surface area contributed by atoms with Crippen LogP contribution in [0.25, 0.3) is 0 Å². The van der Waals surface area contributed by atoms with E-state index in [1.165, 1.54) is 0 Å². The lowest BCUT2D eigenvalue weighted by Crippen LogP contribution is -2.39. The predicted molar refractivity (Wildman–Crippen MR) is 67.5 cm³/mol. The largest absolute Gasteiger partial charge is 0.411 e. The Morgan fingerprint density at radius 3 is 2.48 bits per heavy atom. The van der Waals surface area contributed by atoms with Gasteiger partial charge in [-0.15, -0.1) is 0 Å². The third-order valence-electron chi connectivity index (χ3n) is 2.46. The van der Waals surface area contributed by atoms with Crippen LogP contribution in [0.1, 0.15) is 32.0 Å². The molecule has 0 aliphatic carbocycles. The number of aromatic nitrogens is 2. The molecule has 0 saturated carbocycles. The van der Waals surface area contributed by atoms with Crippen LogP contribution in [-0.2, 0) is 21.4 Å². The van der Waals surface area contributed by atoms with E-state index in [1.807, 2.05) is 6.92 Å². The van der Waals surface area contributed by atoms with Crippen LogP contribution in [0.15, 0.2) is 4.52 Å². The van der Waals surface area contributed by atoms with E-state index in [0.717, 1.165) is 6.42 Å². The lowest BCUT2D eigenvalue weighted by atomic mass is 10.1. The number of hydrogen-bond acceptors (Lipinski definition) is 6. The molecule has 0 saturated heterocycles. The molecule has 1 atom stereocenters. The van der Waals surface area contributed by atoms with Gasteiger partial charge in [0.15, 0.2) is 5.82 Å². The lowest BCUT2D eigenvalue weighted by molar-refractivity contribution is -0.173. The minimum Gasteiger partial charge on any atom is -0.379 e. The monoisotopic (exact) mass is 311 g/mol. The Kier molecular flexibility index (Phi) is 6.56. The van der Waals surface area contributed by atoms with E-state index in [-0.39, 0.29) is 31.3 Å². The molecule has 122 valence electrons. The third-order valence-corrected chi connectivity index (χ3v) is 2.46. The van der Waals surface area contributed by atoms with Crippen molar-refractivity contribution in [2.75, 3.05) is 26.4 Å². The van der Waals surface area contributed by atoms with Gasteiger partial charge in [0.2, 0.25) is 5.89 Å². The highest BCUT2D eigenvalue weighted by Crippen LogP contribution is 2.16. The fourth-order valence-corrected chi connectivity index (χ4v) is 1.43. The van der Waals surface area contributed by atoms with Crippen molar-refractivity contribution in [2.24, 2.45) is 5.73 Å². The van der Waals surface area contributed by atoms with E-state index in [0.29, 0.717) is 6.61 Å². The number of rotatable bonds is 9. The van der Waals surface area contributed by atoms with E-state index in [1.54, 1.807) is 6.92 Å². The Labute approximate surface area is 120 Å². The fraction of sp³-hybridized carbons (Fsp3) is 0.833. The summed E-state index contributed by atoms with van der Waals surface area (Å²) in [6, 6.07) is 0. The van der Waals surface area contributed by atoms with Crippen molar-refractivity contribution in [1.82, 2.24) is 10.1 Å². The molecule has 1 unspecified atom stereocenters. The second-order valence-electron chi connectivity index (χ2n) is 4.90. The topological polar surface area (TPSA) is 83.4 Å². The summed E-state index contributed by atoms with van der Waals surface area (Å²) in [4.78, 5) is 4.05. The number of hydrogen-bond donors (Lipinski definition) is 1. The highest BCUT2D eigenvalue weighted by Gasteiger charge is 2.29. The minimum atomic E-state index is -4.34. The number of nitrogens with zero attached hydrogens (tertiary/aromatic N) is 2. The molecule has 0 fully saturated rings. The first-order valence-corrected chi connectivity index (χ1v) is 6.59. The van der Waals surface area contributed by atoms with Gasteiger partial charge in [0.05, 0.1) is 19.6 Å². The molecule has 9 heteroatoms. The average molecular weight is 311 g/mol. The van der Waals surface area contributed by atoms with Crippen molar-refractivity contribution in [1.29, 1.82) is 0 Å². The maximum Gasteiger partial charge on any atom is 0.411 e. The molecule has 1 rings (SSSR count). The summed E-state index contributed by atoms with van der Waals surface area (Å²) < 4.78 is 50.4. The number of halogens is 3. The zero-order valence-corrected chi connectivity index (χ0v) is 12.1. The van der Waals surface area contributed by atoms with Crippen LogP contribution in [0.5, 0.6) is 0 Å². The van der Waals surface area contributed by atoms with Crippen LogP contribution >= 0.6 is 0 Å². The van der Waals surface area contributed by atoms with Gasteiger partial charge in [0.1, 0.15) is 12.1 Å². The summed E-state index contributed by atoms with van der Waals surface area (Å²) >= 11 is 0. The molecule has 21 heavy (non-hydrogen) atoms. The fourth-order valence-electron chi connectivity index (χ4n) is 1.43. The second-order valence-corrected chi connectivity index (χ2v) is 4.90. The molecule has 0 amide bonds. The number of ether oxygens (including phenoxy) is 2. The first kappa shape index (κ1) is 17.9. The summed E-state index contributed by atoms with van der Waals surface area (Å²) in [7, 11) is 0. The Morgan fingerprint density at radius 1 is 1.19 bits per heavy atom. The molecule has 1 aromatic heterocycles. The van der Waals surface area contributed by atoms with Crippen LogP contribution in [0.4, 0.5) is 13.2 Å². The molecule has 0 bridgehead atoms. The molecule has 0 aliphatic rings. The smallest absolute Gasteiger partial charge is 0.379 e. The molecule has 0 spiro atoms. The van der Waals surface area contributed by atoms with Crippen LogP contribution in [0.3, 0.4) is 0 Å². The highest BCUT2D eigenvalue weighted by atomic mass is 19.4. The second kappa shape index (κ2) is 7.71. The maximum atomic E-state index is 11.9. The number of nitrogens with two attached hydrogens (primary N) is 1. The van der Waals surface area contributed by atoms with E-state index < -0.39 is 18.3 Å². The zero-order valence-electron chi connectivity index (χ0n) is 12.1. The van der Waals surface area contributed by atoms with E-state index >= 15 is 0 Å². The van der Waals surface area contributed by atoms with Gasteiger partial charge >= 0.3 is 6.18 Å². The predicted octanol–water partition coefficient (Wildman–Crippen LogP) is 1.79. The Morgan fingerprint density at radius 2 is 1.86 bits per heavy atom. The van der Waals surface area contributed by atoms with Gasteiger partial charge in [-0.2, -0.15) is 18.2 Å². The standard InChI is InChI=1S/C12H20F3N3O3/c1-3-5-19-7-11(2,16)10-17-9(21-18-10)4-6-20-8-12(13,14)15/h3-8,16H2,1-2H3. The first-order valence-electron chi connectivity index (χ1n) is 6.59. The Balaban J connectivity index is 2.41. The zero-order chi connectivity index (χ0) is 15.9. The SMILES string of the molecule is CCCOCC(C)(N)c1noc(CCOCC(F)(F)F)n1. The van der Waals surface area contributed by atoms with E-state index in [2.05, 4.69) is 14.9 Å². The molecule has 1 heterocycles. The van der Waals surface area contributed by atoms with Gasteiger partial charge < -0.3 is 19.7 Å². The molecule has 0 aromatic carbocycles. The summed E-state index contributed by atoms with van der Waals surface area (Å²) in [5.74, 6) is 0.434. The summed E-state index contributed by atoms with van der Waals surface area (Å²) in [6.07, 6.45) is -3.38.